The Balaban J connectivity index is 1.71. The van der Waals surface area contributed by atoms with Gasteiger partial charge in [-0.05, 0) is 31.3 Å². The van der Waals surface area contributed by atoms with Gasteiger partial charge in [-0.15, -0.1) is 0 Å². The Morgan fingerprint density at radius 1 is 1.08 bits per heavy atom. The molecule has 0 aliphatic carbocycles. The molecule has 0 unspecified atom stereocenters. The highest BCUT2D eigenvalue weighted by Gasteiger charge is 2.21. The van der Waals surface area contributed by atoms with Gasteiger partial charge in [-0.3, -0.25) is 4.79 Å². The van der Waals surface area contributed by atoms with Gasteiger partial charge in [0.15, 0.2) is 11.5 Å². The second kappa shape index (κ2) is 8.43. The summed E-state index contributed by atoms with van der Waals surface area (Å²) in [5.41, 5.74) is 1.50. The quantitative estimate of drug-likeness (QED) is 0.805. The average molecular weight is 375 g/mol. The lowest BCUT2D eigenvalue weighted by molar-refractivity contribution is 0.0663. The number of piperazine rings is 1. The number of benzene rings is 2. The smallest absolute Gasteiger partial charge is 0.254 e. The minimum absolute atomic E-state index is 0.0223. The molecule has 1 heterocycles. The van der Waals surface area contributed by atoms with Crippen LogP contribution in [0.3, 0.4) is 0 Å². The molecule has 0 bridgehead atoms. The third kappa shape index (κ3) is 4.29. The van der Waals surface area contributed by atoms with Crippen LogP contribution in [0.25, 0.3) is 0 Å². The summed E-state index contributed by atoms with van der Waals surface area (Å²) in [6.45, 7) is 3.59. The summed E-state index contributed by atoms with van der Waals surface area (Å²) in [5.74, 6) is 1.15. The summed E-state index contributed by atoms with van der Waals surface area (Å²) in [5, 5.41) is 0.660. The van der Waals surface area contributed by atoms with E-state index in [0.717, 1.165) is 31.7 Å². The summed E-state index contributed by atoms with van der Waals surface area (Å²) in [7, 11) is 3.64. The molecule has 1 fully saturated rings. The van der Waals surface area contributed by atoms with Gasteiger partial charge >= 0.3 is 0 Å². The molecule has 0 saturated carbocycles. The van der Waals surface area contributed by atoms with Gasteiger partial charge in [0.25, 0.3) is 5.91 Å². The zero-order valence-corrected chi connectivity index (χ0v) is 15.8. The fourth-order valence-electron chi connectivity index (χ4n) is 2.88. The fraction of sp³-hybridized carbons (Fsp3) is 0.350. The molecule has 0 N–H and O–H groups in total. The Kier molecular flexibility index (Phi) is 6.01. The van der Waals surface area contributed by atoms with Gasteiger partial charge < -0.3 is 19.3 Å². The van der Waals surface area contributed by atoms with Crippen LogP contribution in [0.1, 0.15) is 15.9 Å². The molecule has 1 amide bonds. The van der Waals surface area contributed by atoms with Crippen LogP contribution in [-0.4, -0.2) is 56.0 Å². The van der Waals surface area contributed by atoms with E-state index in [1.165, 1.54) is 0 Å². The summed E-state index contributed by atoms with van der Waals surface area (Å²) >= 11 is 6.16. The van der Waals surface area contributed by atoms with Crippen molar-refractivity contribution in [3.05, 3.63) is 58.6 Å². The van der Waals surface area contributed by atoms with Gasteiger partial charge in [0.1, 0.15) is 6.61 Å². The molecular weight excluding hydrogens is 352 g/mol. The van der Waals surface area contributed by atoms with Crippen LogP contribution in [0.2, 0.25) is 5.02 Å². The highest BCUT2D eigenvalue weighted by molar-refractivity contribution is 6.31. The highest BCUT2D eigenvalue weighted by Crippen LogP contribution is 2.30. The van der Waals surface area contributed by atoms with Crippen LogP contribution in [0.5, 0.6) is 11.5 Å². The molecule has 138 valence electrons. The maximum Gasteiger partial charge on any atom is 0.254 e. The van der Waals surface area contributed by atoms with E-state index in [0.29, 0.717) is 28.7 Å². The van der Waals surface area contributed by atoms with Crippen molar-refractivity contribution < 1.29 is 14.3 Å². The number of amides is 1. The predicted molar refractivity (Wildman–Crippen MR) is 102 cm³/mol. The van der Waals surface area contributed by atoms with Crippen LogP contribution < -0.4 is 9.47 Å². The SMILES string of the molecule is COc1cc(C(=O)N2CCN(C)CC2)ccc1OCc1ccccc1Cl. The van der Waals surface area contributed by atoms with E-state index in [-0.39, 0.29) is 5.91 Å². The Morgan fingerprint density at radius 3 is 2.50 bits per heavy atom. The Bertz CT molecular complexity index is 773. The zero-order chi connectivity index (χ0) is 18.5. The molecule has 1 saturated heterocycles. The average Bonchev–Trinajstić information content (AvgIpc) is 2.67. The summed E-state index contributed by atoms with van der Waals surface area (Å²) in [4.78, 5) is 16.8. The van der Waals surface area contributed by atoms with E-state index < -0.39 is 0 Å². The van der Waals surface area contributed by atoms with Crippen molar-refractivity contribution in [3.63, 3.8) is 0 Å². The largest absolute Gasteiger partial charge is 0.493 e. The topological polar surface area (TPSA) is 42.0 Å². The molecule has 5 nitrogen and oxygen atoms in total. The van der Waals surface area contributed by atoms with Crippen molar-refractivity contribution in [1.82, 2.24) is 9.80 Å². The first kappa shape index (κ1) is 18.5. The molecule has 6 heteroatoms. The minimum atomic E-state index is 0.0223. The van der Waals surface area contributed by atoms with Gasteiger partial charge in [-0.25, -0.2) is 0 Å². The monoisotopic (exact) mass is 374 g/mol. The number of methoxy groups -OCH3 is 1. The number of carbonyl (C=O) groups excluding carboxylic acids is 1. The van der Waals surface area contributed by atoms with E-state index in [1.807, 2.05) is 29.2 Å². The van der Waals surface area contributed by atoms with Crippen molar-refractivity contribution in [1.29, 1.82) is 0 Å². The first-order valence-electron chi connectivity index (χ1n) is 8.60. The van der Waals surface area contributed by atoms with Crippen LogP contribution in [0.4, 0.5) is 0 Å². The first-order valence-corrected chi connectivity index (χ1v) is 8.98. The molecule has 0 spiro atoms. The van der Waals surface area contributed by atoms with E-state index >= 15 is 0 Å². The minimum Gasteiger partial charge on any atom is -0.493 e. The molecule has 0 aromatic heterocycles. The number of likely N-dealkylation sites (N-methyl/N-ethyl adjacent to an activating group) is 1. The normalized spacial score (nSPS) is 15.0. The van der Waals surface area contributed by atoms with Gasteiger partial charge in [0, 0.05) is 42.3 Å². The van der Waals surface area contributed by atoms with Gasteiger partial charge in [0.05, 0.1) is 7.11 Å². The fourth-order valence-corrected chi connectivity index (χ4v) is 3.07. The number of carbonyl (C=O) groups is 1. The maximum absolute atomic E-state index is 12.7. The summed E-state index contributed by atoms with van der Waals surface area (Å²) < 4.78 is 11.3. The van der Waals surface area contributed by atoms with E-state index in [4.69, 9.17) is 21.1 Å². The number of hydrogen-bond donors (Lipinski definition) is 0. The lowest BCUT2D eigenvalue weighted by Gasteiger charge is -2.32. The first-order chi connectivity index (χ1) is 12.6. The van der Waals surface area contributed by atoms with E-state index in [2.05, 4.69) is 11.9 Å². The lowest BCUT2D eigenvalue weighted by Crippen LogP contribution is -2.47. The van der Waals surface area contributed by atoms with Gasteiger partial charge in [-0.1, -0.05) is 29.8 Å². The Hall–Kier alpha value is -2.24. The number of nitrogens with zero attached hydrogens (tertiary/aromatic N) is 2. The second-order valence-corrected chi connectivity index (χ2v) is 6.75. The van der Waals surface area contributed by atoms with Gasteiger partial charge in [0.2, 0.25) is 0 Å². The number of hydrogen-bond acceptors (Lipinski definition) is 4. The number of rotatable bonds is 5. The number of halogens is 1. The van der Waals surface area contributed by atoms with Crippen molar-refractivity contribution >= 4 is 17.5 Å². The van der Waals surface area contributed by atoms with Crippen LogP contribution in [0, 0.1) is 0 Å². The molecule has 26 heavy (non-hydrogen) atoms. The number of ether oxygens (including phenoxy) is 2. The van der Waals surface area contributed by atoms with Crippen molar-refractivity contribution in [3.8, 4) is 11.5 Å². The Morgan fingerprint density at radius 2 is 1.81 bits per heavy atom. The third-order valence-electron chi connectivity index (χ3n) is 4.54. The van der Waals surface area contributed by atoms with Crippen molar-refractivity contribution in [2.24, 2.45) is 0 Å². The third-order valence-corrected chi connectivity index (χ3v) is 4.91. The summed E-state index contributed by atoms with van der Waals surface area (Å²) in [6, 6.07) is 12.8. The molecule has 0 atom stereocenters. The van der Waals surface area contributed by atoms with Crippen LogP contribution >= 0.6 is 11.6 Å². The molecule has 1 aliphatic rings. The lowest BCUT2D eigenvalue weighted by atomic mass is 10.1. The molecular formula is C20H23ClN2O3. The standard InChI is InChI=1S/C20H23ClN2O3/c1-22-9-11-23(12-10-22)20(24)15-7-8-18(19(13-15)25-2)26-14-16-5-3-4-6-17(16)21/h3-8,13H,9-12,14H2,1-2H3. The second-order valence-electron chi connectivity index (χ2n) is 6.34. The summed E-state index contributed by atoms with van der Waals surface area (Å²) in [6.07, 6.45) is 0. The van der Waals surface area contributed by atoms with Gasteiger partial charge in [-0.2, -0.15) is 0 Å². The Labute approximate surface area is 159 Å². The maximum atomic E-state index is 12.7. The van der Waals surface area contributed by atoms with Crippen molar-refractivity contribution in [2.45, 2.75) is 6.61 Å². The van der Waals surface area contributed by atoms with E-state index in [9.17, 15) is 4.79 Å². The molecule has 0 radical (unpaired) electrons. The van der Waals surface area contributed by atoms with Crippen LogP contribution in [-0.2, 0) is 6.61 Å². The molecule has 2 aromatic rings. The zero-order valence-electron chi connectivity index (χ0n) is 15.1. The molecule has 2 aromatic carbocycles. The van der Waals surface area contributed by atoms with Crippen molar-refractivity contribution in [2.75, 3.05) is 40.3 Å². The predicted octanol–water partition coefficient (Wildman–Crippen LogP) is 3.32. The van der Waals surface area contributed by atoms with E-state index in [1.54, 1.807) is 25.3 Å². The molecule has 3 rings (SSSR count). The highest BCUT2D eigenvalue weighted by atomic mass is 35.5. The molecule has 1 aliphatic heterocycles. The van der Waals surface area contributed by atoms with Crippen LogP contribution in [0.15, 0.2) is 42.5 Å².